The van der Waals surface area contributed by atoms with Gasteiger partial charge in [-0.15, -0.1) is 0 Å². The first-order valence-corrected chi connectivity index (χ1v) is 6.72. The van der Waals surface area contributed by atoms with Crippen molar-refractivity contribution in [1.29, 1.82) is 0 Å². The average molecular weight is 249 g/mol. The highest BCUT2D eigenvalue weighted by atomic mass is 15.3. The van der Waals surface area contributed by atoms with Crippen LogP contribution in [0.3, 0.4) is 0 Å². The lowest BCUT2D eigenvalue weighted by Gasteiger charge is -2.26. The number of nitrogens with two attached hydrogens (primary N) is 1. The van der Waals surface area contributed by atoms with Crippen molar-refractivity contribution < 1.29 is 0 Å². The number of nitrogens with zero attached hydrogens (tertiary/aromatic N) is 2. The lowest BCUT2D eigenvalue weighted by atomic mass is 9.83. The van der Waals surface area contributed by atoms with Gasteiger partial charge in [-0.1, -0.05) is 19.8 Å². The summed E-state index contributed by atoms with van der Waals surface area (Å²) in [6.07, 6.45) is 6.88. The maximum absolute atomic E-state index is 5.41. The van der Waals surface area contributed by atoms with Gasteiger partial charge in [-0.2, -0.15) is 0 Å². The third kappa shape index (κ3) is 3.10. The van der Waals surface area contributed by atoms with E-state index in [0.717, 1.165) is 29.8 Å². The van der Waals surface area contributed by atoms with Crippen LogP contribution in [0.5, 0.6) is 0 Å². The zero-order chi connectivity index (χ0) is 13.0. The molecule has 5 heteroatoms. The molecule has 1 saturated carbocycles. The van der Waals surface area contributed by atoms with Gasteiger partial charge in [-0.25, -0.2) is 15.8 Å². The lowest BCUT2D eigenvalue weighted by molar-refractivity contribution is 0.300. The second-order valence-electron chi connectivity index (χ2n) is 5.35. The van der Waals surface area contributed by atoms with E-state index in [-0.39, 0.29) is 0 Å². The van der Waals surface area contributed by atoms with E-state index in [9.17, 15) is 0 Å². The summed E-state index contributed by atoms with van der Waals surface area (Å²) in [7, 11) is 0. The molecule has 2 rings (SSSR count). The largest absolute Gasteiger partial charge is 0.369 e. The number of anilines is 2. The third-order valence-electron chi connectivity index (χ3n) is 3.91. The van der Waals surface area contributed by atoms with Crippen LogP contribution in [0, 0.1) is 18.8 Å². The molecule has 5 nitrogen and oxygen atoms in total. The van der Waals surface area contributed by atoms with Crippen LogP contribution in [0.2, 0.25) is 0 Å². The fourth-order valence-electron chi connectivity index (χ4n) is 2.55. The molecule has 0 unspecified atom stereocenters. The summed E-state index contributed by atoms with van der Waals surface area (Å²) < 4.78 is 0. The van der Waals surface area contributed by atoms with Gasteiger partial charge in [0.2, 0.25) is 0 Å². The Morgan fingerprint density at radius 3 is 2.56 bits per heavy atom. The summed E-state index contributed by atoms with van der Waals surface area (Å²) in [5.41, 5.74) is 3.56. The number of nitrogens with one attached hydrogen (secondary N) is 2. The predicted octanol–water partition coefficient (Wildman–Crippen LogP) is 2.31. The third-order valence-corrected chi connectivity index (χ3v) is 3.91. The van der Waals surface area contributed by atoms with E-state index in [0.29, 0.717) is 5.82 Å². The van der Waals surface area contributed by atoms with Gasteiger partial charge < -0.3 is 10.7 Å². The Bertz CT molecular complexity index is 385. The van der Waals surface area contributed by atoms with Gasteiger partial charge in [-0.3, -0.25) is 0 Å². The first kappa shape index (κ1) is 13.1. The normalized spacial score (nSPS) is 23.7. The van der Waals surface area contributed by atoms with Crippen LogP contribution in [0.15, 0.2) is 6.33 Å². The minimum atomic E-state index is 0.685. The van der Waals surface area contributed by atoms with Crippen molar-refractivity contribution in [3.63, 3.8) is 0 Å². The highest BCUT2D eigenvalue weighted by molar-refractivity contribution is 5.55. The summed E-state index contributed by atoms with van der Waals surface area (Å²) in [4.78, 5) is 8.34. The molecule has 1 aromatic rings. The smallest absolute Gasteiger partial charge is 0.148 e. The van der Waals surface area contributed by atoms with Crippen LogP contribution in [0.25, 0.3) is 0 Å². The summed E-state index contributed by atoms with van der Waals surface area (Å²) in [5, 5.41) is 3.43. The van der Waals surface area contributed by atoms with Gasteiger partial charge in [0.15, 0.2) is 0 Å². The molecule has 100 valence electrons. The quantitative estimate of drug-likeness (QED) is 0.564. The van der Waals surface area contributed by atoms with E-state index in [2.05, 4.69) is 27.6 Å². The first-order chi connectivity index (χ1) is 8.70. The molecule has 0 atom stereocenters. The Hall–Kier alpha value is -1.36. The highest BCUT2D eigenvalue weighted by Gasteiger charge is 2.18. The van der Waals surface area contributed by atoms with E-state index >= 15 is 0 Å². The molecule has 0 amide bonds. The molecule has 1 aliphatic carbocycles. The topological polar surface area (TPSA) is 75.9 Å². The van der Waals surface area contributed by atoms with Crippen molar-refractivity contribution >= 4 is 11.6 Å². The Morgan fingerprint density at radius 2 is 1.89 bits per heavy atom. The molecule has 18 heavy (non-hydrogen) atoms. The maximum Gasteiger partial charge on any atom is 0.148 e. The van der Waals surface area contributed by atoms with Crippen LogP contribution < -0.4 is 16.6 Å². The zero-order valence-corrected chi connectivity index (χ0v) is 11.2. The zero-order valence-electron chi connectivity index (χ0n) is 11.2. The number of nitrogen functional groups attached to an aromatic ring is 1. The number of hydrogen-bond acceptors (Lipinski definition) is 5. The Labute approximate surface area is 109 Å². The van der Waals surface area contributed by atoms with Gasteiger partial charge >= 0.3 is 0 Å². The molecule has 0 spiro atoms. The van der Waals surface area contributed by atoms with Crippen molar-refractivity contribution in [2.75, 3.05) is 17.3 Å². The SMILES string of the molecule is Cc1c(NN)ncnc1NCC1CCC(C)CC1. The summed E-state index contributed by atoms with van der Waals surface area (Å²) in [6.45, 7) is 5.31. The minimum Gasteiger partial charge on any atom is -0.369 e. The molecule has 4 N–H and O–H groups in total. The summed E-state index contributed by atoms with van der Waals surface area (Å²) >= 11 is 0. The Morgan fingerprint density at radius 1 is 1.22 bits per heavy atom. The van der Waals surface area contributed by atoms with Gasteiger partial charge in [-0.05, 0) is 31.6 Å². The fraction of sp³-hybridized carbons (Fsp3) is 0.692. The fourth-order valence-corrected chi connectivity index (χ4v) is 2.55. The molecule has 0 aliphatic heterocycles. The number of rotatable bonds is 4. The molecule has 0 saturated heterocycles. The van der Waals surface area contributed by atoms with Crippen molar-refractivity contribution in [2.45, 2.75) is 39.5 Å². The average Bonchev–Trinajstić information content (AvgIpc) is 2.39. The summed E-state index contributed by atoms with van der Waals surface area (Å²) in [6, 6.07) is 0. The van der Waals surface area contributed by atoms with Gasteiger partial charge in [0.1, 0.15) is 18.0 Å². The van der Waals surface area contributed by atoms with Gasteiger partial charge in [0.05, 0.1) is 0 Å². The van der Waals surface area contributed by atoms with Gasteiger partial charge in [0.25, 0.3) is 0 Å². The number of aromatic nitrogens is 2. The van der Waals surface area contributed by atoms with Crippen molar-refractivity contribution in [3.05, 3.63) is 11.9 Å². The molecule has 1 heterocycles. The minimum absolute atomic E-state index is 0.685. The molecule has 1 fully saturated rings. The molecule has 1 aromatic heterocycles. The van der Waals surface area contributed by atoms with Crippen molar-refractivity contribution in [1.82, 2.24) is 9.97 Å². The summed E-state index contributed by atoms with van der Waals surface area (Å²) in [5.74, 6) is 8.64. The molecular weight excluding hydrogens is 226 g/mol. The predicted molar refractivity (Wildman–Crippen MR) is 74.2 cm³/mol. The van der Waals surface area contributed by atoms with Crippen LogP contribution in [0.4, 0.5) is 11.6 Å². The van der Waals surface area contributed by atoms with E-state index in [4.69, 9.17) is 5.84 Å². The Kier molecular flexibility index (Phi) is 4.36. The van der Waals surface area contributed by atoms with Gasteiger partial charge in [0, 0.05) is 12.1 Å². The molecule has 1 aliphatic rings. The number of hydrogen-bond donors (Lipinski definition) is 3. The van der Waals surface area contributed by atoms with Crippen LogP contribution >= 0.6 is 0 Å². The van der Waals surface area contributed by atoms with E-state index < -0.39 is 0 Å². The molecular formula is C13H23N5. The molecule has 0 bridgehead atoms. The van der Waals surface area contributed by atoms with Crippen LogP contribution in [-0.2, 0) is 0 Å². The Balaban J connectivity index is 1.90. The van der Waals surface area contributed by atoms with Crippen LogP contribution in [-0.4, -0.2) is 16.5 Å². The van der Waals surface area contributed by atoms with Crippen molar-refractivity contribution in [3.8, 4) is 0 Å². The van der Waals surface area contributed by atoms with E-state index in [1.54, 1.807) is 0 Å². The standard InChI is InChI=1S/C13H23N5/c1-9-3-5-11(6-4-9)7-15-12-10(2)13(18-14)17-8-16-12/h8-9,11H,3-7,14H2,1-2H3,(H2,15,16,17,18). The van der Waals surface area contributed by atoms with E-state index in [1.807, 2.05) is 6.92 Å². The lowest BCUT2D eigenvalue weighted by Crippen LogP contribution is -2.21. The maximum atomic E-state index is 5.41. The van der Waals surface area contributed by atoms with Crippen molar-refractivity contribution in [2.24, 2.45) is 17.7 Å². The monoisotopic (exact) mass is 249 g/mol. The number of hydrazine groups is 1. The molecule has 0 radical (unpaired) electrons. The van der Waals surface area contributed by atoms with Crippen LogP contribution in [0.1, 0.15) is 38.2 Å². The second-order valence-corrected chi connectivity index (χ2v) is 5.35. The molecule has 0 aromatic carbocycles. The highest BCUT2D eigenvalue weighted by Crippen LogP contribution is 2.28. The van der Waals surface area contributed by atoms with E-state index in [1.165, 1.54) is 32.0 Å². The second kappa shape index (κ2) is 6.00. The first-order valence-electron chi connectivity index (χ1n) is 6.72.